The molecule has 0 radical (unpaired) electrons. The summed E-state index contributed by atoms with van der Waals surface area (Å²) < 4.78 is 52.5. The van der Waals surface area contributed by atoms with Gasteiger partial charge < -0.3 is 18.9 Å². The Morgan fingerprint density at radius 3 is 2.53 bits per heavy atom. The lowest BCUT2D eigenvalue weighted by atomic mass is 9.90. The number of anilines is 1. The average molecular weight is 601 g/mol. The van der Waals surface area contributed by atoms with E-state index in [4.69, 9.17) is 14.7 Å². The Labute approximate surface area is 248 Å². The minimum absolute atomic E-state index is 0.0225. The molecule has 3 aromatic heterocycles. The highest BCUT2D eigenvalue weighted by molar-refractivity contribution is 5.87. The normalized spacial score (nSPS) is 22.7. The lowest BCUT2D eigenvalue weighted by Crippen LogP contribution is -2.59. The number of alkyl halides is 3. The van der Waals surface area contributed by atoms with E-state index in [2.05, 4.69) is 57.0 Å². The molecule has 2 aliphatic rings. The molecule has 10 nitrogen and oxygen atoms in total. The van der Waals surface area contributed by atoms with E-state index in [1.165, 1.54) is 12.1 Å². The summed E-state index contributed by atoms with van der Waals surface area (Å²) in [4.78, 5) is 14.8. The van der Waals surface area contributed by atoms with Gasteiger partial charge >= 0.3 is 6.36 Å². The van der Waals surface area contributed by atoms with Crippen molar-refractivity contribution < 1.29 is 22.6 Å². The largest absolute Gasteiger partial charge is 0.573 e. The van der Waals surface area contributed by atoms with Crippen molar-refractivity contribution in [2.45, 2.75) is 91.0 Å². The van der Waals surface area contributed by atoms with Crippen LogP contribution in [0.5, 0.6) is 5.75 Å². The Kier molecular flexibility index (Phi) is 7.97. The summed E-state index contributed by atoms with van der Waals surface area (Å²) in [6, 6.07) is 6.60. The van der Waals surface area contributed by atoms with Crippen LogP contribution in [0.2, 0.25) is 0 Å². The minimum atomic E-state index is -4.72. The van der Waals surface area contributed by atoms with Crippen molar-refractivity contribution >= 4 is 22.8 Å². The molecule has 2 saturated heterocycles. The Hall–Kier alpha value is -3.45. The zero-order valence-corrected chi connectivity index (χ0v) is 25.3. The van der Waals surface area contributed by atoms with Gasteiger partial charge in [-0.3, -0.25) is 4.90 Å². The highest BCUT2D eigenvalue weighted by Gasteiger charge is 2.39. The quantitative estimate of drug-likeness (QED) is 0.261. The first-order valence-electron chi connectivity index (χ1n) is 15.1. The number of aromatic nitrogens is 6. The van der Waals surface area contributed by atoms with Crippen molar-refractivity contribution in [3.8, 4) is 5.75 Å². The van der Waals surface area contributed by atoms with Gasteiger partial charge in [0.05, 0.1) is 12.6 Å². The van der Waals surface area contributed by atoms with Crippen molar-refractivity contribution in [3.63, 3.8) is 0 Å². The van der Waals surface area contributed by atoms with Crippen LogP contribution in [0.15, 0.2) is 30.6 Å². The SMILES string of the molecule is CC[C@@H]1CN(c2nc3nncn3c3c2nc(C)n3CC2CCCO2)[C@@H](C)CN1[C@H](c1ccc(OC(F)(F)F)cc1)C(C)C. The van der Waals surface area contributed by atoms with E-state index in [0.717, 1.165) is 67.3 Å². The maximum Gasteiger partial charge on any atom is 0.573 e. The first kappa shape index (κ1) is 29.6. The third-order valence-corrected chi connectivity index (χ3v) is 8.79. The molecule has 0 N–H and O–H groups in total. The number of imidazole rings is 1. The summed E-state index contributed by atoms with van der Waals surface area (Å²) in [6.07, 6.45) is 0.1000. The predicted octanol–water partition coefficient (Wildman–Crippen LogP) is 5.55. The summed E-state index contributed by atoms with van der Waals surface area (Å²) >= 11 is 0. The van der Waals surface area contributed by atoms with Gasteiger partial charge in [0.15, 0.2) is 11.5 Å². The van der Waals surface area contributed by atoms with E-state index in [1.54, 1.807) is 18.5 Å². The Morgan fingerprint density at radius 1 is 1.12 bits per heavy atom. The zero-order chi connectivity index (χ0) is 30.5. The molecule has 0 aliphatic carbocycles. The third kappa shape index (κ3) is 5.76. The van der Waals surface area contributed by atoms with Crippen LogP contribution >= 0.6 is 0 Å². The summed E-state index contributed by atoms with van der Waals surface area (Å²) in [5.74, 6) is 2.24. The maximum absolute atomic E-state index is 12.8. The second-order valence-corrected chi connectivity index (χ2v) is 12.1. The fourth-order valence-electron chi connectivity index (χ4n) is 6.85. The molecule has 6 rings (SSSR count). The molecule has 13 heteroatoms. The van der Waals surface area contributed by atoms with Crippen molar-refractivity contribution in [2.24, 2.45) is 5.92 Å². The monoisotopic (exact) mass is 600 g/mol. The van der Waals surface area contributed by atoms with Crippen molar-refractivity contribution in [2.75, 3.05) is 24.6 Å². The number of nitrogens with zero attached hydrogens (tertiary/aromatic N) is 8. The summed E-state index contributed by atoms with van der Waals surface area (Å²) in [7, 11) is 0. The molecule has 2 aliphatic heterocycles. The molecule has 43 heavy (non-hydrogen) atoms. The highest BCUT2D eigenvalue weighted by atomic mass is 19.4. The fourth-order valence-corrected chi connectivity index (χ4v) is 6.85. The maximum atomic E-state index is 12.8. The van der Waals surface area contributed by atoms with Gasteiger partial charge in [-0.1, -0.05) is 32.9 Å². The van der Waals surface area contributed by atoms with Gasteiger partial charge in [0, 0.05) is 37.8 Å². The molecular weight excluding hydrogens is 561 g/mol. The van der Waals surface area contributed by atoms with Gasteiger partial charge in [0.2, 0.25) is 0 Å². The van der Waals surface area contributed by atoms with Crippen LogP contribution in [0.25, 0.3) is 16.9 Å². The van der Waals surface area contributed by atoms with Crippen LogP contribution in [-0.4, -0.2) is 78.3 Å². The Bertz CT molecular complexity index is 1560. The van der Waals surface area contributed by atoms with Crippen LogP contribution in [-0.2, 0) is 11.3 Å². The van der Waals surface area contributed by atoms with Gasteiger partial charge in [0.25, 0.3) is 5.78 Å². The van der Waals surface area contributed by atoms with Crippen molar-refractivity contribution in [1.82, 2.24) is 34.0 Å². The fraction of sp³-hybridized carbons (Fsp3) is 0.600. The molecule has 2 fully saturated rings. The number of rotatable bonds is 8. The highest BCUT2D eigenvalue weighted by Crippen LogP contribution is 2.38. The smallest absolute Gasteiger partial charge is 0.406 e. The second-order valence-electron chi connectivity index (χ2n) is 12.1. The number of ether oxygens (including phenoxy) is 2. The summed E-state index contributed by atoms with van der Waals surface area (Å²) in [6.45, 7) is 13.7. The van der Waals surface area contributed by atoms with E-state index in [0.29, 0.717) is 12.3 Å². The van der Waals surface area contributed by atoms with Gasteiger partial charge in [0.1, 0.15) is 23.4 Å². The molecule has 0 saturated carbocycles. The molecule has 0 bridgehead atoms. The number of aryl methyl sites for hydroxylation is 1. The summed E-state index contributed by atoms with van der Waals surface area (Å²) in [5.41, 5.74) is 2.71. The lowest BCUT2D eigenvalue weighted by molar-refractivity contribution is -0.274. The van der Waals surface area contributed by atoms with E-state index in [1.807, 2.05) is 11.3 Å². The molecule has 5 heterocycles. The van der Waals surface area contributed by atoms with Crippen molar-refractivity contribution in [3.05, 3.63) is 42.0 Å². The van der Waals surface area contributed by atoms with Crippen LogP contribution < -0.4 is 9.64 Å². The second kappa shape index (κ2) is 11.6. The van der Waals surface area contributed by atoms with Crippen LogP contribution in [0, 0.1) is 12.8 Å². The molecule has 232 valence electrons. The number of benzene rings is 1. The van der Waals surface area contributed by atoms with Crippen LogP contribution in [0.1, 0.15) is 64.4 Å². The molecule has 1 unspecified atom stereocenters. The molecule has 0 spiro atoms. The molecule has 4 aromatic rings. The number of piperazine rings is 1. The Balaban J connectivity index is 1.33. The van der Waals surface area contributed by atoms with Gasteiger partial charge in [-0.2, -0.15) is 4.98 Å². The summed E-state index contributed by atoms with van der Waals surface area (Å²) in [5, 5.41) is 8.48. The molecule has 1 aromatic carbocycles. The number of halogens is 3. The number of hydrogen-bond donors (Lipinski definition) is 0. The third-order valence-electron chi connectivity index (χ3n) is 8.79. The van der Waals surface area contributed by atoms with Crippen LogP contribution in [0.3, 0.4) is 0 Å². The molecule has 4 atom stereocenters. The average Bonchev–Trinajstić information content (AvgIpc) is 3.70. The van der Waals surface area contributed by atoms with Crippen LogP contribution in [0.4, 0.5) is 19.0 Å². The predicted molar refractivity (Wildman–Crippen MR) is 156 cm³/mol. The first-order valence-corrected chi connectivity index (χ1v) is 15.1. The number of hydrogen-bond acceptors (Lipinski definition) is 8. The lowest BCUT2D eigenvalue weighted by Gasteiger charge is -2.50. The molecular formula is C30H39F3N8O2. The first-order chi connectivity index (χ1) is 20.5. The van der Waals surface area contributed by atoms with E-state index < -0.39 is 6.36 Å². The van der Waals surface area contributed by atoms with Gasteiger partial charge in [-0.15, -0.1) is 23.4 Å². The van der Waals surface area contributed by atoms with Gasteiger partial charge in [-0.05, 0) is 56.7 Å². The van der Waals surface area contributed by atoms with E-state index in [9.17, 15) is 13.2 Å². The van der Waals surface area contributed by atoms with Gasteiger partial charge in [-0.25, -0.2) is 9.38 Å². The molecule has 0 amide bonds. The van der Waals surface area contributed by atoms with E-state index >= 15 is 0 Å². The van der Waals surface area contributed by atoms with E-state index in [-0.39, 0.29) is 35.9 Å². The Morgan fingerprint density at radius 2 is 1.88 bits per heavy atom. The van der Waals surface area contributed by atoms with Crippen molar-refractivity contribution in [1.29, 1.82) is 0 Å². The minimum Gasteiger partial charge on any atom is -0.406 e. The topological polar surface area (TPSA) is 85.8 Å². The number of fused-ring (bicyclic) bond motifs is 3. The standard InChI is InChI=1S/C30H39F3N8O2/c1-6-22-15-38(19(4)14-40(22)26(18(2)3)21-9-11-23(12-10-21)43-30(31,32)33)27-25-28(41-17-34-37-29(41)36-27)39(20(5)35-25)16-24-8-7-13-42-24/h9-12,17-19,22,24,26H,6-8,13-16H2,1-5H3/t19-,22+,24?,26-/m0/s1. The zero-order valence-electron chi connectivity index (χ0n) is 25.3.